The van der Waals surface area contributed by atoms with E-state index in [1.165, 1.54) is 18.2 Å². The highest BCUT2D eigenvalue weighted by Crippen LogP contribution is 2.26. The maximum atomic E-state index is 12.9. The minimum atomic E-state index is -0.402. The molecule has 3 rings (SSSR count). The highest BCUT2D eigenvalue weighted by Gasteiger charge is 2.13. The van der Waals surface area contributed by atoms with Crippen molar-refractivity contribution in [3.63, 3.8) is 0 Å². The molecule has 2 heterocycles. The third-order valence-electron chi connectivity index (χ3n) is 2.51. The van der Waals surface area contributed by atoms with Crippen molar-refractivity contribution in [3.8, 4) is 23.0 Å². The topological polar surface area (TPSA) is 80.7 Å². The molecular formula is C12H9FN4O. The summed E-state index contributed by atoms with van der Waals surface area (Å²) in [4.78, 5) is 7.17. The predicted molar refractivity (Wildman–Crippen MR) is 63.9 cm³/mol. The van der Waals surface area contributed by atoms with Crippen LogP contribution in [0.4, 0.5) is 10.1 Å². The Morgan fingerprint density at radius 1 is 1.28 bits per heavy atom. The molecule has 6 heteroatoms. The predicted octanol–water partition coefficient (Wildman–Crippen LogP) is 2.45. The summed E-state index contributed by atoms with van der Waals surface area (Å²) < 4.78 is 18.1. The van der Waals surface area contributed by atoms with Crippen LogP contribution in [0.5, 0.6) is 0 Å². The van der Waals surface area contributed by atoms with Gasteiger partial charge in [-0.2, -0.15) is 4.98 Å². The van der Waals surface area contributed by atoms with Crippen LogP contribution in [0.2, 0.25) is 0 Å². The Morgan fingerprint density at radius 2 is 2.17 bits per heavy atom. The fourth-order valence-corrected chi connectivity index (χ4v) is 1.64. The van der Waals surface area contributed by atoms with Gasteiger partial charge in [-0.05, 0) is 30.3 Å². The average molecular weight is 244 g/mol. The average Bonchev–Trinajstić information content (AvgIpc) is 2.99. The number of nitrogens with zero attached hydrogens (tertiary/aromatic N) is 2. The van der Waals surface area contributed by atoms with Crippen LogP contribution in [0, 0.1) is 5.82 Å². The fraction of sp³-hybridized carbons (Fsp3) is 0. The van der Waals surface area contributed by atoms with Crippen LogP contribution in [0.15, 0.2) is 41.1 Å². The van der Waals surface area contributed by atoms with E-state index in [2.05, 4.69) is 15.1 Å². The van der Waals surface area contributed by atoms with Gasteiger partial charge in [-0.1, -0.05) is 5.16 Å². The number of benzene rings is 1. The van der Waals surface area contributed by atoms with Gasteiger partial charge >= 0.3 is 0 Å². The molecule has 0 amide bonds. The summed E-state index contributed by atoms with van der Waals surface area (Å²) in [6, 6.07) is 7.68. The second-order valence-electron chi connectivity index (χ2n) is 3.74. The van der Waals surface area contributed by atoms with Gasteiger partial charge < -0.3 is 15.2 Å². The van der Waals surface area contributed by atoms with Gasteiger partial charge in [-0.3, -0.25) is 0 Å². The van der Waals surface area contributed by atoms with Crippen molar-refractivity contribution >= 4 is 5.69 Å². The number of H-pyrrole nitrogens is 1. The van der Waals surface area contributed by atoms with Crippen molar-refractivity contribution in [3.05, 3.63) is 42.3 Å². The first-order chi connectivity index (χ1) is 8.74. The number of nitrogens with two attached hydrogens (primary N) is 1. The number of nitrogens with one attached hydrogen (secondary N) is 1. The SMILES string of the molecule is Nc1cc(F)ccc1-c1nc(-c2ccc[nH]2)no1. The first-order valence-electron chi connectivity index (χ1n) is 5.27. The van der Waals surface area contributed by atoms with Crippen molar-refractivity contribution in [2.45, 2.75) is 0 Å². The van der Waals surface area contributed by atoms with Crippen LogP contribution in [0.25, 0.3) is 23.0 Å². The number of nitrogen functional groups attached to an aromatic ring is 1. The first-order valence-corrected chi connectivity index (χ1v) is 5.27. The van der Waals surface area contributed by atoms with E-state index in [-0.39, 0.29) is 11.6 Å². The molecule has 2 aromatic heterocycles. The van der Waals surface area contributed by atoms with Gasteiger partial charge in [-0.25, -0.2) is 4.39 Å². The number of aromatic amines is 1. The van der Waals surface area contributed by atoms with E-state index in [9.17, 15) is 4.39 Å². The van der Waals surface area contributed by atoms with E-state index < -0.39 is 5.82 Å². The molecule has 1 aromatic carbocycles. The Balaban J connectivity index is 2.03. The van der Waals surface area contributed by atoms with Crippen LogP contribution >= 0.6 is 0 Å². The number of rotatable bonds is 2. The summed E-state index contributed by atoms with van der Waals surface area (Å²) in [7, 11) is 0. The zero-order valence-corrected chi connectivity index (χ0v) is 9.22. The molecular weight excluding hydrogens is 235 g/mol. The summed E-state index contributed by atoms with van der Waals surface area (Å²) in [5.74, 6) is 0.288. The van der Waals surface area contributed by atoms with Crippen molar-refractivity contribution in [2.75, 3.05) is 5.73 Å². The molecule has 0 spiro atoms. The Bertz CT molecular complexity index is 675. The molecule has 0 atom stereocenters. The Morgan fingerprint density at radius 3 is 2.89 bits per heavy atom. The van der Waals surface area contributed by atoms with Crippen LogP contribution in [0.3, 0.4) is 0 Å². The summed E-state index contributed by atoms with van der Waals surface area (Å²) in [6.45, 7) is 0. The lowest BCUT2D eigenvalue weighted by molar-refractivity contribution is 0.432. The third-order valence-corrected chi connectivity index (χ3v) is 2.51. The van der Waals surface area contributed by atoms with Crippen molar-refractivity contribution in [2.24, 2.45) is 0 Å². The number of anilines is 1. The van der Waals surface area contributed by atoms with E-state index in [1.54, 1.807) is 6.20 Å². The molecule has 0 aliphatic heterocycles. The Hall–Kier alpha value is -2.63. The summed E-state index contributed by atoms with van der Waals surface area (Å²) in [5.41, 5.74) is 7.22. The first kappa shape index (κ1) is 10.5. The highest BCUT2D eigenvalue weighted by atomic mass is 19.1. The molecule has 0 unspecified atom stereocenters. The molecule has 0 aliphatic carbocycles. The van der Waals surface area contributed by atoms with Gasteiger partial charge in [-0.15, -0.1) is 0 Å². The van der Waals surface area contributed by atoms with Crippen LogP contribution in [-0.4, -0.2) is 15.1 Å². The zero-order valence-electron chi connectivity index (χ0n) is 9.22. The molecule has 0 radical (unpaired) electrons. The highest BCUT2D eigenvalue weighted by molar-refractivity contribution is 5.71. The lowest BCUT2D eigenvalue weighted by atomic mass is 10.2. The molecule has 0 saturated heterocycles. The number of aromatic nitrogens is 3. The van der Waals surface area contributed by atoms with E-state index in [4.69, 9.17) is 10.3 Å². The summed E-state index contributed by atoms with van der Waals surface area (Å²) in [6.07, 6.45) is 1.76. The van der Waals surface area contributed by atoms with Gasteiger partial charge in [0.15, 0.2) is 0 Å². The second-order valence-corrected chi connectivity index (χ2v) is 3.74. The number of halogens is 1. The van der Waals surface area contributed by atoms with Gasteiger partial charge in [0.2, 0.25) is 5.82 Å². The zero-order chi connectivity index (χ0) is 12.5. The summed E-state index contributed by atoms with van der Waals surface area (Å²) in [5, 5.41) is 3.83. The molecule has 0 bridgehead atoms. The molecule has 0 fully saturated rings. The van der Waals surface area contributed by atoms with Crippen molar-refractivity contribution < 1.29 is 8.91 Å². The van der Waals surface area contributed by atoms with E-state index >= 15 is 0 Å². The maximum absolute atomic E-state index is 12.9. The third kappa shape index (κ3) is 1.73. The van der Waals surface area contributed by atoms with Gasteiger partial charge in [0, 0.05) is 11.9 Å². The van der Waals surface area contributed by atoms with Crippen LogP contribution in [-0.2, 0) is 0 Å². The lowest BCUT2D eigenvalue weighted by Gasteiger charge is -1.99. The van der Waals surface area contributed by atoms with E-state index in [0.29, 0.717) is 11.4 Å². The maximum Gasteiger partial charge on any atom is 0.260 e. The smallest absolute Gasteiger partial charge is 0.260 e. The normalized spacial score (nSPS) is 10.7. The van der Waals surface area contributed by atoms with Crippen LogP contribution in [0.1, 0.15) is 0 Å². The lowest BCUT2D eigenvalue weighted by Crippen LogP contribution is -1.91. The van der Waals surface area contributed by atoms with Gasteiger partial charge in [0.25, 0.3) is 5.89 Å². The molecule has 3 aromatic rings. The Labute approximate surface area is 101 Å². The molecule has 0 saturated carbocycles. The molecule has 90 valence electrons. The quantitative estimate of drug-likeness (QED) is 0.678. The second kappa shape index (κ2) is 3.99. The number of hydrogen-bond acceptors (Lipinski definition) is 4. The van der Waals surface area contributed by atoms with E-state index in [0.717, 1.165) is 5.69 Å². The van der Waals surface area contributed by atoms with Gasteiger partial charge in [0.05, 0.1) is 11.3 Å². The Kier molecular flexibility index (Phi) is 2.33. The standard InChI is InChI=1S/C12H9FN4O/c13-7-3-4-8(9(14)6-7)12-16-11(17-18-12)10-2-1-5-15-10/h1-6,15H,14H2. The molecule has 5 nitrogen and oxygen atoms in total. The van der Waals surface area contributed by atoms with E-state index in [1.807, 2.05) is 12.1 Å². The molecule has 3 N–H and O–H groups in total. The largest absolute Gasteiger partial charge is 0.398 e. The van der Waals surface area contributed by atoms with Gasteiger partial charge in [0.1, 0.15) is 5.82 Å². The molecule has 18 heavy (non-hydrogen) atoms. The minimum absolute atomic E-state index is 0.261. The monoisotopic (exact) mass is 244 g/mol. The molecule has 0 aliphatic rings. The van der Waals surface area contributed by atoms with Crippen LogP contribution < -0.4 is 5.73 Å². The minimum Gasteiger partial charge on any atom is -0.398 e. The number of hydrogen-bond donors (Lipinski definition) is 2. The fourth-order valence-electron chi connectivity index (χ4n) is 1.64. The summed E-state index contributed by atoms with van der Waals surface area (Å²) >= 11 is 0. The van der Waals surface area contributed by atoms with Crippen molar-refractivity contribution in [1.29, 1.82) is 0 Å². The van der Waals surface area contributed by atoms with Crippen molar-refractivity contribution in [1.82, 2.24) is 15.1 Å².